The number of carbonyl (C=O) groups is 1. The van der Waals surface area contributed by atoms with E-state index in [4.69, 9.17) is 16.3 Å². The Bertz CT molecular complexity index is 664. The summed E-state index contributed by atoms with van der Waals surface area (Å²) in [5, 5.41) is 0.689. The van der Waals surface area contributed by atoms with Crippen LogP contribution in [0.15, 0.2) is 42.5 Å². The molecule has 102 valence electrons. The van der Waals surface area contributed by atoms with Crippen molar-refractivity contribution in [3.8, 4) is 5.75 Å². The van der Waals surface area contributed by atoms with Gasteiger partial charge >= 0.3 is 0 Å². The average Bonchev–Trinajstić information content (AvgIpc) is 2.49. The Labute approximate surface area is 123 Å². The fourth-order valence-corrected chi connectivity index (χ4v) is 2.73. The van der Waals surface area contributed by atoms with Gasteiger partial charge in [0.25, 0.3) is 0 Å². The lowest BCUT2D eigenvalue weighted by Crippen LogP contribution is -2.21. The minimum Gasteiger partial charge on any atom is -0.493 e. The molecule has 3 rings (SSSR count). The van der Waals surface area contributed by atoms with Crippen LogP contribution in [0.5, 0.6) is 5.75 Å². The molecule has 2 aromatic rings. The Kier molecular flexibility index (Phi) is 3.49. The topological polar surface area (TPSA) is 26.3 Å². The quantitative estimate of drug-likeness (QED) is 0.765. The molecular weight excluding hydrogens is 272 g/mol. The summed E-state index contributed by atoms with van der Waals surface area (Å²) in [5.74, 6) is 0.837. The molecule has 20 heavy (non-hydrogen) atoms. The molecule has 2 aromatic carbocycles. The highest BCUT2D eigenvalue weighted by atomic mass is 35.5. The van der Waals surface area contributed by atoms with E-state index >= 15 is 0 Å². The maximum atomic E-state index is 12.7. The van der Waals surface area contributed by atoms with Crippen LogP contribution >= 0.6 is 11.6 Å². The first kappa shape index (κ1) is 13.2. The molecular formula is C17H15ClO2. The molecule has 1 aliphatic rings. The van der Waals surface area contributed by atoms with Gasteiger partial charge < -0.3 is 4.74 Å². The maximum Gasteiger partial charge on any atom is 0.170 e. The predicted octanol–water partition coefficient (Wildman–Crippen LogP) is 4.40. The largest absolute Gasteiger partial charge is 0.493 e. The number of rotatable bonds is 2. The monoisotopic (exact) mass is 286 g/mol. The number of carbonyl (C=O) groups excluding carboxylic acids is 1. The molecule has 1 unspecified atom stereocenters. The van der Waals surface area contributed by atoms with Crippen LogP contribution in [-0.2, 0) is 0 Å². The second-order valence-corrected chi connectivity index (χ2v) is 5.46. The minimum absolute atomic E-state index is 0.125. The van der Waals surface area contributed by atoms with E-state index in [2.05, 4.69) is 0 Å². The van der Waals surface area contributed by atoms with Gasteiger partial charge in [-0.15, -0.1) is 0 Å². The van der Waals surface area contributed by atoms with E-state index in [-0.39, 0.29) is 11.7 Å². The molecule has 0 saturated heterocycles. The standard InChI is InChI=1S/C17H15ClO2/c1-11-10-12(6-7-15(11)18)17(19)14-8-9-20-16-5-3-2-4-13(14)16/h2-7,10,14H,8-9H2,1H3. The van der Waals surface area contributed by atoms with Gasteiger partial charge in [-0.25, -0.2) is 0 Å². The predicted molar refractivity (Wildman–Crippen MR) is 79.8 cm³/mol. The molecule has 0 spiro atoms. The van der Waals surface area contributed by atoms with Crippen molar-refractivity contribution in [3.63, 3.8) is 0 Å². The van der Waals surface area contributed by atoms with Gasteiger partial charge in [0, 0.05) is 16.1 Å². The third-order valence-corrected chi connectivity index (χ3v) is 4.14. The van der Waals surface area contributed by atoms with E-state index in [1.165, 1.54) is 0 Å². The molecule has 3 heteroatoms. The van der Waals surface area contributed by atoms with Gasteiger partial charge in [0.2, 0.25) is 0 Å². The van der Waals surface area contributed by atoms with Gasteiger partial charge in [-0.2, -0.15) is 0 Å². The van der Waals surface area contributed by atoms with Crippen molar-refractivity contribution in [1.82, 2.24) is 0 Å². The summed E-state index contributed by atoms with van der Waals surface area (Å²) in [5.41, 5.74) is 2.63. The third kappa shape index (κ3) is 2.32. The summed E-state index contributed by atoms with van der Waals surface area (Å²) >= 11 is 6.02. The highest BCUT2D eigenvalue weighted by Crippen LogP contribution is 2.35. The van der Waals surface area contributed by atoms with E-state index in [1.807, 2.05) is 37.3 Å². The first-order valence-corrected chi connectivity index (χ1v) is 7.06. The molecule has 0 saturated carbocycles. The van der Waals surface area contributed by atoms with Crippen LogP contribution in [0.3, 0.4) is 0 Å². The number of hydrogen-bond acceptors (Lipinski definition) is 2. The smallest absolute Gasteiger partial charge is 0.170 e. The Hall–Kier alpha value is -1.80. The molecule has 1 heterocycles. The number of Topliss-reactive ketones (excluding diaryl/α,β-unsaturated/α-hetero) is 1. The second kappa shape index (κ2) is 5.29. The molecule has 1 atom stereocenters. The van der Waals surface area contributed by atoms with Crippen LogP contribution in [0.2, 0.25) is 5.02 Å². The van der Waals surface area contributed by atoms with Gasteiger partial charge in [0.15, 0.2) is 5.78 Å². The van der Waals surface area contributed by atoms with Crippen molar-refractivity contribution < 1.29 is 9.53 Å². The third-order valence-electron chi connectivity index (χ3n) is 3.72. The van der Waals surface area contributed by atoms with Crippen molar-refractivity contribution in [1.29, 1.82) is 0 Å². The number of fused-ring (bicyclic) bond motifs is 1. The fraction of sp³-hybridized carbons (Fsp3) is 0.235. The van der Waals surface area contributed by atoms with Crippen LogP contribution in [0.25, 0.3) is 0 Å². The lowest BCUT2D eigenvalue weighted by atomic mass is 9.86. The zero-order chi connectivity index (χ0) is 14.1. The Morgan fingerprint density at radius 3 is 2.85 bits per heavy atom. The summed E-state index contributed by atoms with van der Waals surface area (Å²) in [4.78, 5) is 12.7. The number of para-hydroxylation sites is 1. The van der Waals surface area contributed by atoms with Gasteiger partial charge in [-0.3, -0.25) is 4.79 Å². The van der Waals surface area contributed by atoms with Crippen molar-refractivity contribution in [3.05, 3.63) is 64.2 Å². The van der Waals surface area contributed by atoms with Crippen molar-refractivity contribution in [2.45, 2.75) is 19.3 Å². The number of hydrogen-bond donors (Lipinski definition) is 0. The Morgan fingerprint density at radius 1 is 1.25 bits per heavy atom. The summed E-state index contributed by atoms with van der Waals surface area (Å²) < 4.78 is 5.61. The van der Waals surface area contributed by atoms with Gasteiger partial charge in [-0.1, -0.05) is 29.8 Å². The molecule has 0 aromatic heterocycles. The molecule has 0 bridgehead atoms. The Morgan fingerprint density at radius 2 is 2.05 bits per heavy atom. The average molecular weight is 287 g/mol. The lowest BCUT2D eigenvalue weighted by molar-refractivity contribution is 0.0933. The zero-order valence-electron chi connectivity index (χ0n) is 11.2. The number of benzene rings is 2. The first-order chi connectivity index (χ1) is 9.66. The number of halogens is 1. The van der Waals surface area contributed by atoms with Crippen LogP contribution in [0.4, 0.5) is 0 Å². The molecule has 2 nitrogen and oxygen atoms in total. The Balaban J connectivity index is 1.97. The zero-order valence-corrected chi connectivity index (χ0v) is 12.0. The van der Waals surface area contributed by atoms with E-state index < -0.39 is 0 Å². The normalized spacial score (nSPS) is 17.2. The van der Waals surface area contributed by atoms with E-state index in [1.54, 1.807) is 12.1 Å². The molecule has 1 aliphatic heterocycles. The maximum absolute atomic E-state index is 12.7. The van der Waals surface area contributed by atoms with Gasteiger partial charge in [0.1, 0.15) is 5.75 Å². The van der Waals surface area contributed by atoms with Crippen LogP contribution in [-0.4, -0.2) is 12.4 Å². The van der Waals surface area contributed by atoms with Crippen LogP contribution in [0, 0.1) is 6.92 Å². The molecule has 0 fully saturated rings. The summed E-state index contributed by atoms with van der Waals surface area (Å²) in [6.07, 6.45) is 0.720. The SMILES string of the molecule is Cc1cc(C(=O)C2CCOc3ccccc32)ccc1Cl. The molecule has 0 radical (unpaired) electrons. The summed E-state index contributed by atoms with van der Waals surface area (Å²) in [7, 11) is 0. The minimum atomic E-state index is -0.125. The fourth-order valence-electron chi connectivity index (χ4n) is 2.61. The van der Waals surface area contributed by atoms with E-state index in [0.717, 1.165) is 23.3 Å². The molecule has 0 aliphatic carbocycles. The van der Waals surface area contributed by atoms with Crippen molar-refractivity contribution in [2.75, 3.05) is 6.61 Å². The van der Waals surface area contributed by atoms with Crippen molar-refractivity contribution >= 4 is 17.4 Å². The number of aryl methyl sites for hydroxylation is 1. The van der Waals surface area contributed by atoms with E-state index in [9.17, 15) is 4.79 Å². The van der Waals surface area contributed by atoms with E-state index in [0.29, 0.717) is 17.2 Å². The first-order valence-electron chi connectivity index (χ1n) is 6.69. The number of ether oxygens (including phenoxy) is 1. The van der Waals surface area contributed by atoms with Crippen molar-refractivity contribution in [2.24, 2.45) is 0 Å². The lowest BCUT2D eigenvalue weighted by Gasteiger charge is -2.25. The second-order valence-electron chi connectivity index (χ2n) is 5.06. The van der Waals surface area contributed by atoms with Gasteiger partial charge in [-0.05, 0) is 43.2 Å². The molecule has 0 N–H and O–H groups in total. The highest BCUT2D eigenvalue weighted by Gasteiger charge is 2.28. The number of ketones is 1. The van der Waals surface area contributed by atoms with Gasteiger partial charge in [0.05, 0.1) is 12.5 Å². The highest BCUT2D eigenvalue weighted by molar-refractivity contribution is 6.31. The summed E-state index contributed by atoms with van der Waals surface area (Å²) in [6, 6.07) is 13.2. The molecule has 0 amide bonds. The van der Waals surface area contributed by atoms with Crippen LogP contribution in [0.1, 0.15) is 33.8 Å². The summed E-state index contributed by atoms with van der Waals surface area (Å²) in [6.45, 7) is 2.50. The van der Waals surface area contributed by atoms with Crippen LogP contribution < -0.4 is 4.74 Å².